The highest BCUT2D eigenvalue weighted by Gasteiger charge is 2.53. The van der Waals surface area contributed by atoms with E-state index in [4.69, 9.17) is 43.8 Å². The van der Waals surface area contributed by atoms with Crippen LogP contribution in [0.5, 0.6) is 0 Å². The summed E-state index contributed by atoms with van der Waals surface area (Å²) in [6.45, 7) is 2.90. The number of aliphatic hydroxyl groups is 4. The molecule has 0 bridgehead atoms. The minimum atomic E-state index is -5.57. The van der Waals surface area contributed by atoms with E-state index >= 15 is 0 Å². The highest BCUT2D eigenvalue weighted by molar-refractivity contribution is 8.14. The molecule has 8 rings (SSSR count). The number of anilines is 2. The van der Waals surface area contributed by atoms with Crippen molar-refractivity contribution in [2.45, 2.75) is 102 Å². The Morgan fingerprint density at radius 1 is 0.518 bits per heavy atom. The Morgan fingerprint density at radius 2 is 0.851 bits per heavy atom. The maximum Gasteiger partial charge on any atom is 0.481 e. The molecule has 2 fully saturated rings. The number of benzene rings is 2. The highest BCUT2D eigenvalue weighted by Crippen LogP contribution is 2.63. The van der Waals surface area contributed by atoms with Crippen molar-refractivity contribution >= 4 is 145 Å². The van der Waals surface area contributed by atoms with Crippen LogP contribution < -0.4 is 32.7 Å². The Kier molecular flexibility index (Phi) is 35.4. The van der Waals surface area contributed by atoms with Gasteiger partial charge in [0, 0.05) is 72.5 Å². The van der Waals surface area contributed by atoms with Crippen LogP contribution in [0.15, 0.2) is 86.0 Å². The average molecular weight is 1770 g/mol. The number of hydrogen-bond acceptors (Lipinski definition) is 37. The zero-order chi connectivity index (χ0) is 85.0. The van der Waals surface area contributed by atoms with Crippen molar-refractivity contribution in [3.63, 3.8) is 0 Å². The number of carbonyl (C=O) groups is 7. The third-order valence-corrected chi connectivity index (χ3v) is 23.5. The summed E-state index contributed by atoms with van der Waals surface area (Å²) in [4.78, 5) is 183. The number of aliphatic hydroxyl groups excluding tert-OH is 4. The number of nitrogens with two attached hydrogens (primary N) is 2. The summed E-state index contributed by atoms with van der Waals surface area (Å²) >= 11 is 2.05. The Hall–Kier alpha value is -6.77. The summed E-state index contributed by atoms with van der Waals surface area (Å²) in [6.07, 6.45) is -13.9. The molecule has 20 N–H and O–H groups in total. The van der Waals surface area contributed by atoms with Crippen LogP contribution in [-0.4, -0.2) is 252 Å². The van der Waals surface area contributed by atoms with Gasteiger partial charge in [-0.25, -0.2) is 57.3 Å². The van der Waals surface area contributed by atoms with Gasteiger partial charge in [0.05, 0.1) is 39.1 Å². The topological polar surface area (TPSA) is 744 Å². The Bertz CT molecular complexity index is 4310. The molecule has 4 amide bonds. The monoisotopic (exact) mass is 1770 g/mol. The molecule has 0 saturated carbocycles. The summed E-state index contributed by atoms with van der Waals surface area (Å²) in [5.41, 5.74) is 9.55. The maximum absolute atomic E-state index is 12.7. The molecule has 2 saturated heterocycles. The molecular weight excluding hydrogens is 1690 g/mol. The summed E-state index contributed by atoms with van der Waals surface area (Å²) in [6, 6.07) is 17.2. The quantitative estimate of drug-likeness (QED) is 0.0175. The number of aromatic nitrogens is 8. The number of nitrogen functional groups attached to an aromatic ring is 2. The number of nitrogens with zero attached hydrogens (tertiary/aromatic N) is 8. The van der Waals surface area contributed by atoms with Crippen molar-refractivity contribution in [3.8, 4) is 0 Å². The number of amides is 4. The first-order valence-corrected chi connectivity index (χ1v) is 43.7. The van der Waals surface area contributed by atoms with Gasteiger partial charge >= 0.3 is 46.9 Å². The minimum Gasteiger partial charge on any atom is -0.386 e. The van der Waals surface area contributed by atoms with Crippen LogP contribution in [-0.2, 0) is 96.6 Å². The first-order chi connectivity index (χ1) is 53.2. The van der Waals surface area contributed by atoms with E-state index in [1.54, 1.807) is 60.7 Å². The number of imidazole rings is 2. The summed E-state index contributed by atoms with van der Waals surface area (Å²) < 4.78 is 124. The second-order valence-electron chi connectivity index (χ2n) is 25.1. The zero-order valence-corrected chi connectivity index (χ0v) is 67.0. The van der Waals surface area contributed by atoms with Crippen LogP contribution in [0.1, 0.15) is 73.7 Å². The van der Waals surface area contributed by atoms with Crippen LogP contribution in [0.4, 0.5) is 11.6 Å². The molecular formula is C57H82N14O35P6S2. The predicted molar refractivity (Wildman–Crippen MR) is 393 cm³/mol. The Balaban J connectivity index is 0.000000347. The number of fused-ring (bicyclic) bond motifs is 2. The van der Waals surface area contributed by atoms with Crippen LogP contribution in [0.3, 0.4) is 0 Å². The highest BCUT2D eigenvalue weighted by atomic mass is 32.2. The van der Waals surface area contributed by atoms with Gasteiger partial charge in [-0.3, -0.25) is 65.0 Å². The largest absolute Gasteiger partial charge is 0.481 e. The molecule has 0 radical (unpaired) electrons. The Morgan fingerprint density at radius 3 is 1.18 bits per heavy atom. The zero-order valence-electron chi connectivity index (χ0n) is 60.0. The fourth-order valence-electron chi connectivity index (χ4n) is 9.86. The first kappa shape index (κ1) is 96.1. The van der Waals surface area contributed by atoms with Crippen LogP contribution in [0, 0.1) is 10.8 Å². The van der Waals surface area contributed by atoms with Crippen molar-refractivity contribution in [1.29, 1.82) is 0 Å². The van der Waals surface area contributed by atoms with Gasteiger partial charge in [-0.2, -0.15) is 8.62 Å². The lowest BCUT2D eigenvalue weighted by molar-refractivity contribution is -0.137. The van der Waals surface area contributed by atoms with Gasteiger partial charge in [-0.1, -0.05) is 112 Å². The lowest BCUT2D eigenvalue weighted by Crippen LogP contribution is -2.46. The second-order valence-corrected chi connectivity index (χ2v) is 35.7. The molecule has 114 heavy (non-hydrogen) atoms. The molecule has 57 heteroatoms. The van der Waals surface area contributed by atoms with Crippen molar-refractivity contribution in [2.75, 3.05) is 75.6 Å². The van der Waals surface area contributed by atoms with Gasteiger partial charge < -0.3 is 107 Å². The number of phosphoric acid groups is 6. The summed E-state index contributed by atoms with van der Waals surface area (Å²) in [5.74, 6) is -2.33. The van der Waals surface area contributed by atoms with Crippen LogP contribution >= 0.6 is 70.5 Å². The van der Waals surface area contributed by atoms with Crippen LogP contribution in [0.2, 0.25) is 0 Å². The van der Waals surface area contributed by atoms with E-state index in [0.717, 1.165) is 58.0 Å². The lowest BCUT2D eigenvalue weighted by Gasteiger charge is -2.30. The molecule has 6 heterocycles. The molecule has 2 aliphatic rings. The van der Waals surface area contributed by atoms with Gasteiger partial charge in [0.1, 0.15) is 79.3 Å². The van der Waals surface area contributed by atoms with Gasteiger partial charge in [0.15, 0.2) is 35.4 Å². The van der Waals surface area contributed by atoms with E-state index < -0.39 is 169 Å². The van der Waals surface area contributed by atoms with Crippen molar-refractivity contribution in [2.24, 2.45) is 10.8 Å². The van der Waals surface area contributed by atoms with Gasteiger partial charge in [0.2, 0.25) is 33.9 Å². The van der Waals surface area contributed by atoms with Gasteiger partial charge in [0.25, 0.3) is 0 Å². The summed E-state index contributed by atoms with van der Waals surface area (Å²) in [7, 11) is -32.8. The first-order valence-electron chi connectivity index (χ1n) is 32.7. The van der Waals surface area contributed by atoms with E-state index in [2.05, 4.69) is 68.8 Å². The lowest BCUT2D eigenvalue weighted by atomic mass is 9.87. The average Bonchev–Trinajstić information content (AvgIpc) is 1.62. The number of ether oxygens (including phenoxy) is 2. The number of nitrogens with one attached hydrogen (secondary N) is 4. The SMILES string of the molecule is C=O.CC(C)(COP(=O)(O)OP(=O)(O)OC[C@H]1O[C@@H](n2cnc3c(N)ncnc32)[C@H](O)[C@@H]1OP(=O)(O)O)C(O)C(=O)NCCC(=O)NCCSC(=O)c1ccccc1.CC(C)(COP(=O)(O)OP(=O)(O)OC[C@H]1O[C@@H](n2cnc3c(N)ncnc32)[C@H](O)[C@@H]1OP(=O)(O)O)C(O)C(=O)NCCC(=O)NCCSC(=O)c1ccccc1. The number of phosphoric ester groups is 6. The molecule has 0 spiro atoms. The van der Waals surface area contributed by atoms with E-state index in [1.165, 1.54) is 27.7 Å². The van der Waals surface area contributed by atoms with E-state index in [0.29, 0.717) is 22.6 Å². The van der Waals surface area contributed by atoms with Gasteiger partial charge in [-0.15, -0.1) is 0 Å². The molecule has 6 aromatic rings. The summed E-state index contributed by atoms with van der Waals surface area (Å²) in [5, 5.41) is 52.4. The molecule has 49 nitrogen and oxygen atoms in total. The Labute approximate surface area is 653 Å². The molecule has 14 atom stereocenters. The number of carbonyl (C=O) groups excluding carboxylic acids is 7. The number of rotatable bonds is 40. The van der Waals surface area contributed by atoms with E-state index in [1.807, 2.05) is 6.79 Å². The third-order valence-electron chi connectivity index (χ3n) is 15.5. The molecule has 4 aromatic heterocycles. The number of thioether (sulfide) groups is 2. The van der Waals surface area contributed by atoms with E-state index in [-0.39, 0.29) is 83.2 Å². The van der Waals surface area contributed by atoms with Crippen molar-refractivity contribution in [3.05, 3.63) is 97.1 Å². The molecule has 6 unspecified atom stereocenters. The third kappa shape index (κ3) is 29.4. The molecule has 632 valence electrons. The van der Waals surface area contributed by atoms with Crippen molar-refractivity contribution < 1.29 is 166 Å². The molecule has 0 aliphatic carbocycles. The normalized spacial score (nSPS) is 21.2. The second kappa shape index (κ2) is 42.1. The standard InChI is InChI=1S/2C28H40N7O17P3S.CH2O/c2*1-28(2,22(38)25(39)31-9-8-18(36)30-10-11-56-27(40)16-6-4-3-5-7-16)13-49-55(46,47)52-54(44,45)48-12-17-21(51-53(41,42)43)20(37)26(50-17)35-15-34-19-23(29)32-14-33-24(19)35;1-2/h2*3-7,14-15,17,20-22,26,37-38H,8-13H2,1-2H3,(H,30,36)(H,31,39)(H,44,45)(H,46,47)(H2,29,32,33)(H2,41,42,43);1H2/t2*17-,20-,21-,22?,26-;/m11./s1. The predicted octanol–water partition coefficient (Wildman–Crippen LogP) is -0.228. The molecule has 2 aromatic carbocycles. The molecule has 2 aliphatic heterocycles. The minimum absolute atomic E-state index is 0.0292. The maximum atomic E-state index is 12.7. The fraction of sp³-hybridized carbons (Fsp3) is 0.491. The smallest absolute Gasteiger partial charge is 0.386 e. The van der Waals surface area contributed by atoms with Crippen LogP contribution in [0.25, 0.3) is 22.3 Å². The fourth-order valence-corrected chi connectivity index (χ4v) is 16.9. The van der Waals surface area contributed by atoms with E-state index in [9.17, 15) is 116 Å². The van der Waals surface area contributed by atoms with Crippen molar-refractivity contribution in [1.82, 2.24) is 60.3 Å². The van der Waals surface area contributed by atoms with Gasteiger partial charge in [-0.05, 0) is 0 Å². The number of hydrogen-bond donors (Lipinski definition) is 18.